The van der Waals surface area contributed by atoms with Crippen LogP contribution in [0.5, 0.6) is 0 Å². The van der Waals surface area contributed by atoms with Crippen molar-refractivity contribution in [2.24, 2.45) is 0 Å². The molecule has 1 saturated heterocycles. The molecule has 6 heteroatoms. The van der Waals surface area contributed by atoms with Crippen LogP contribution in [0.15, 0.2) is 21.7 Å². The van der Waals surface area contributed by atoms with Crippen LogP contribution in [0.25, 0.3) is 0 Å². The van der Waals surface area contributed by atoms with E-state index < -0.39 is 10.0 Å². The lowest BCUT2D eigenvalue weighted by Gasteiger charge is -2.22. The molecule has 0 bridgehead atoms. The third-order valence-electron chi connectivity index (χ3n) is 2.30. The Morgan fingerprint density at radius 1 is 1.40 bits per heavy atom. The molecular formula is C9H13NO3S2. The highest BCUT2D eigenvalue weighted by Crippen LogP contribution is 2.17. The Balaban J connectivity index is 2.04. The molecule has 1 aromatic heterocycles. The van der Waals surface area contributed by atoms with E-state index >= 15 is 0 Å². The van der Waals surface area contributed by atoms with Gasteiger partial charge in [-0.15, -0.1) is 11.3 Å². The zero-order valence-corrected chi connectivity index (χ0v) is 9.81. The van der Waals surface area contributed by atoms with Crippen LogP contribution >= 0.6 is 11.3 Å². The van der Waals surface area contributed by atoms with E-state index in [-0.39, 0.29) is 6.04 Å². The van der Waals surface area contributed by atoms with Gasteiger partial charge in [0.1, 0.15) is 4.21 Å². The van der Waals surface area contributed by atoms with Crippen molar-refractivity contribution < 1.29 is 13.2 Å². The van der Waals surface area contributed by atoms with Gasteiger partial charge >= 0.3 is 0 Å². The van der Waals surface area contributed by atoms with E-state index in [0.29, 0.717) is 17.4 Å². The van der Waals surface area contributed by atoms with Crippen LogP contribution in [0.2, 0.25) is 0 Å². The highest BCUT2D eigenvalue weighted by atomic mass is 32.2. The number of thiophene rings is 1. The van der Waals surface area contributed by atoms with Crippen LogP contribution in [-0.4, -0.2) is 27.7 Å². The number of hydrogen-bond donors (Lipinski definition) is 1. The molecule has 0 amide bonds. The number of nitrogens with one attached hydrogen (secondary N) is 1. The van der Waals surface area contributed by atoms with Gasteiger partial charge in [-0.25, -0.2) is 13.1 Å². The Hall–Kier alpha value is -0.430. The third kappa shape index (κ3) is 2.78. The van der Waals surface area contributed by atoms with E-state index in [2.05, 4.69) is 4.72 Å². The maximum atomic E-state index is 11.8. The fourth-order valence-electron chi connectivity index (χ4n) is 1.51. The lowest BCUT2D eigenvalue weighted by atomic mass is 10.1. The van der Waals surface area contributed by atoms with Crippen molar-refractivity contribution in [1.29, 1.82) is 0 Å². The van der Waals surface area contributed by atoms with Gasteiger partial charge in [-0.05, 0) is 24.3 Å². The molecule has 0 aliphatic carbocycles. The van der Waals surface area contributed by atoms with Crippen LogP contribution in [0.4, 0.5) is 0 Å². The second-order valence-corrected chi connectivity index (χ2v) is 6.33. The first-order valence-electron chi connectivity index (χ1n) is 4.82. The second kappa shape index (κ2) is 4.61. The molecule has 2 heterocycles. The average Bonchev–Trinajstić information content (AvgIpc) is 2.71. The van der Waals surface area contributed by atoms with Gasteiger partial charge < -0.3 is 4.74 Å². The summed E-state index contributed by atoms with van der Waals surface area (Å²) in [7, 11) is -3.30. The summed E-state index contributed by atoms with van der Waals surface area (Å²) in [6.45, 7) is 1.27. The third-order valence-corrected chi connectivity index (χ3v) is 5.22. The number of ether oxygens (including phenoxy) is 1. The van der Waals surface area contributed by atoms with E-state index in [1.807, 2.05) is 0 Å². The van der Waals surface area contributed by atoms with Crippen LogP contribution in [0.1, 0.15) is 12.8 Å². The zero-order chi connectivity index (χ0) is 10.7. The Bertz CT molecular complexity index is 393. The number of rotatable bonds is 3. The second-order valence-electron chi connectivity index (χ2n) is 3.44. The Morgan fingerprint density at radius 3 is 2.73 bits per heavy atom. The maximum absolute atomic E-state index is 11.8. The van der Waals surface area contributed by atoms with E-state index in [1.165, 1.54) is 11.3 Å². The Morgan fingerprint density at radius 2 is 2.13 bits per heavy atom. The van der Waals surface area contributed by atoms with Gasteiger partial charge in [0.15, 0.2) is 0 Å². The molecule has 0 unspecified atom stereocenters. The topological polar surface area (TPSA) is 55.4 Å². The fourth-order valence-corrected chi connectivity index (χ4v) is 3.82. The van der Waals surface area contributed by atoms with Gasteiger partial charge in [0.25, 0.3) is 0 Å². The standard InChI is InChI=1S/C9H13NO3S2/c11-15(12,9-2-1-7-14-9)10-8-3-5-13-6-4-8/h1-2,7-8,10H,3-6H2. The first-order chi connectivity index (χ1) is 7.18. The highest BCUT2D eigenvalue weighted by Gasteiger charge is 2.22. The van der Waals surface area contributed by atoms with Crippen molar-refractivity contribution in [3.63, 3.8) is 0 Å². The lowest BCUT2D eigenvalue weighted by Crippen LogP contribution is -2.38. The molecule has 15 heavy (non-hydrogen) atoms. The van der Waals surface area contributed by atoms with Crippen molar-refractivity contribution in [1.82, 2.24) is 4.72 Å². The predicted molar refractivity (Wildman–Crippen MR) is 58.5 cm³/mol. The largest absolute Gasteiger partial charge is 0.381 e. The van der Waals surface area contributed by atoms with Crippen molar-refractivity contribution >= 4 is 21.4 Å². The fraction of sp³-hybridized carbons (Fsp3) is 0.556. The molecule has 0 saturated carbocycles. The van der Waals surface area contributed by atoms with Gasteiger partial charge in [-0.1, -0.05) is 6.07 Å². The summed E-state index contributed by atoms with van der Waals surface area (Å²) in [5, 5.41) is 1.76. The highest BCUT2D eigenvalue weighted by molar-refractivity contribution is 7.91. The molecule has 1 aliphatic rings. The maximum Gasteiger partial charge on any atom is 0.250 e. The van der Waals surface area contributed by atoms with Crippen molar-refractivity contribution in [2.45, 2.75) is 23.1 Å². The molecule has 1 aromatic rings. The van der Waals surface area contributed by atoms with Crippen LogP contribution in [0.3, 0.4) is 0 Å². The monoisotopic (exact) mass is 247 g/mol. The summed E-state index contributed by atoms with van der Waals surface area (Å²) in [4.78, 5) is 0. The minimum atomic E-state index is -3.30. The smallest absolute Gasteiger partial charge is 0.250 e. The summed E-state index contributed by atoms with van der Waals surface area (Å²) in [6.07, 6.45) is 1.51. The van der Waals surface area contributed by atoms with E-state index in [9.17, 15) is 8.42 Å². The summed E-state index contributed by atoms with van der Waals surface area (Å²) >= 11 is 1.24. The van der Waals surface area contributed by atoms with Gasteiger partial charge in [-0.3, -0.25) is 0 Å². The molecule has 4 nitrogen and oxygen atoms in total. The Labute approximate surface area is 93.3 Å². The minimum absolute atomic E-state index is 0.0193. The van der Waals surface area contributed by atoms with Gasteiger partial charge in [0, 0.05) is 19.3 Å². The van der Waals surface area contributed by atoms with E-state index in [0.717, 1.165) is 12.8 Å². The molecule has 0 spiro atoms. The predicted octanol–water partition coefficient (Wildman–Crippen LogP) is 1.21. The number of hydrogen-bond acceptors (Lipinski definition) is 4. The molecular weight excluding hydrogens is 234 g/mol. The van der Waals surface area contributed by atoms with Gasteiger partial charge in [0.2, 0.25) is 10.0 Å². The Kier molecular flexibility index (Phi) is 3.40. The van der Waals surface area contributed by atoms with E-state index in [1.54, 1.807) is 17.5 Å². The normalized spacial score (nSPS) is 19.2. The quantitative estimate of drug-likeness (QED) is 0.873. The van der Waals surface area contributed by atoms with Gasteiger partial charge in [-0.2, -0.15) is 0 Å². The van der Waals surface area contributed by atoms with Crippen LogP contribution < -0.4 is 4.72 Å². The summed E-state index contributed by atoms with van der Waals surface area (Å²) in [6, 6.07) is 3.38. The summed E-state index contributed by atoms with van der Waals surface area (Å²) in [5.74, 6) is 0. The number of sulfonamides is 1. The SMILES string of the molecule is O=S(=O)(NC1CCOCC1)c1cccs1. The molecule has 0 aromatic carbocycles. The summed E-state index contributed by atoms with van der Waals surface area (Å²) < 4.78 is 31.9. The minimum Gasteiger partial charge on any atom is -0.381 e. The van der Waals surface area contributed by atoms with Crippen LogP contribution in [-0.2, 0) is 14.8 Å². The molecule has 0 atom stereocenters. The van der Waals surface area contributed by atoms with Crippen molar-refractivity contribution in [2.75, 3.05) is 13.2 Å². The zero-order valence-electron chi connectivity index (χ0n) is 8.18. The van der Waals surface area contributed by atoms with E-state index in [4.69, 9.17) is 4.74 Å². The average molecular weight is 247 g/mol. The van der Waals surface area contributed by atoms with Crippen LogP contribution in [0, 0.1) is 0 Å². The first kappa shape index (κ1) is 11.1. The van der Waals surface area contributed by atoms with Crippen molar-refractivity contribution in [3.05, 3.63) is 17.5 Å². The molecule has 84 valence electrons. The molecule has 2 rings (SSSR count). The first-order valence-corrected chi connectivity index (χ1v) is 7.18. The summed E-state index contributed by atoms with van der Waals surface area (Å²) in [5.41, 5.74) is 0. The van der Waals surface area contributed by atoms with Gasteiger partial charge in [0.05, 0.1) is 0 Å². The molecule has 1 N–H and O–H groups in total. The molecule has 0 radical (unpaired) electrons. The molecule has 1 fully saturated rings. The lowest BCUT2D eigenvalue weighted by molar-refractivity contribution is 0.0832. The molecule has 1 aliphatic heterocycles. The van der Waals surface area contributed by atoms with Crippen molar-refractivity contribution in [3.8, 4) is 0 Å².